The molecule has 17 heavy (non-hydrogen) atoms. The van der Waals surface area contributed by atoms with Gasteiger partial charge in [0.1, 0.15) is 0 Å². The highest BCUT2D eigenvalue weighted by molar-refractivity contribution is 5.78. The van der Waals surface area contributed by atoms with Crippen LogP contribution in [0.25, 0.3) is 0 Å². The molecule has 0 saturated carbocycles. The fraction of sp³-hybridized carbons (Fsp3) is 0.500. The Labute approximate surface area is 103 Å². The van der Waals surface area contributed by atoms with Crippen molar-refractivity contribution in [3.05, 3.63) is 35.4 Å². The Morgan fingerprint density at radius 1 is 1.18 bits per heavy atom. The summed E-state index contributed by atoms with van der Waals surface area (Å²) in [5.41, 5.74) is 7.63. The van der Waals surface area contributed by atoms with E-state index in [0.29, 0.717) is 18.9 Å². The summed E-state index contributed by atoms with van der Waals surface area (Å²) in [6.07, 6.45) is 0.432. The van der Waals surface area contributed by atoms with Gasteiger partial charge >= 0.3 is 0 Å². The maximum Gasteiger partial charge on any atom is 0.224 e. The van der Waals surface area contributed by atoms with Crippen LogP contribution in [0, 0.1) is 5.92 Å². The second-order valence-electron chi connectivity index (χ2n) is 4.80. The van der Waals surface area contributed by atoms with E-state index in [0.717, 1.165) is 11.1 Å². The predicted molar refractivity (Wildman–Crippen MR) is 70.5 cm³/mol. The number of carbonyl (C=O) groups is 1. The summed E-state index contributed by atoms with van der Waals surface area (Å²) in [7, 11) is 0. The molecule has 0 saturated heterocycles. The SMILES string of the molecule is CC(C)C(C)NC(=O)Cc1ccc(CN)cc1. The van der Waals surface area contributed by atoms with Gasteiger partial charge in [0.2, 0.25) is 5.91 Å². The van der Waals surface area contributed by atoms with Crippen LogP contribution in [0.2, 0.25) is 0 Å². The van der Waals surface area contributed by atoms with E-state index in [2.05, 4.69) is 19.2 Å². The third kappa shape index (κ3) is 4.57. The first-order valence-electron chi connectivity index (χ1n) is 6.10. The van der Waals surface area contributed by atoms with Crippen LogP contribution in [0.3, 0.4) is 0 Å². The first kappa shape index (κ1) is 13.7. The lowest BCUT2D eigenvalue weighted by atomic mass is 10.1. The number of carbonyl (C=O) groups excluding carboxylic acids is 1. The van der Waals surface area contributed by atoms with Crippen LogP contribution in [0.1, 0.15) is 31.9 Å². The van der Waals surface area contributed by atoms with Crippen molar-refractivity contribution in [1.29, 1.82) is 0 Å². The largest absolute Gasteiger partial charge is 0.353 e. The van der Waals surface area contributed by atoms with Crippen LogP contribution in [-0.4, -0.2) is 11.9 Å². The topological polar surface area (TPSA) is 55.1 Å². The van der Waals surface area contributed by atoms with Gasteiger partial charge in [-0.1, -0.05) is 38.1 Å². The summed E-state index contributed by atoms with van der Waals surface area (Å²) in [5, 5.41) is 2.99. The standard InChI is InChI=1S/C14H22N2O/c1-10(2)11(3)16-14(17)8-12-4-6-13(9-15)7-5-12/h4-7,10-11H,8-9,15H2,1-3H3,(H,16,17). The number of hydrogen-bond acceptors (Lipinski definition) is 2. The number of nitrogens with one attached hydrogen (secondary N) is 1. The monoisotopic (exact) mass is 234 g/mol. The first-order chi connectivity index (χ1) is 8.02. The number of amides is 1. The average molecular weight is 234 g/mol. The van der Waals surface area contributed by atoms with E-state index in [1.807, 2.05) is 31.2 Å². The molecule has 0 bridgehead atoms. The van der Waals surface area contributed by atoms with Crippen LogP contribution < -0.4 is 11.1 Å². The summed E-state index contributed by atoms with van der Waals surface area (Å²) >= 11 is 0. The Morgan fingerprint density at radius 2 is 1.71 bits per heavy atom. The maximum absolute atomic E-state index is 11.7. The average Bonchev–Trinajstić information content (AvgIpc) is 2.29. The van der Waals surface area contributed by atoms with E-state index in [-0.39, 0.29) is 11.9 Å². The van der Waals surface area contributed by atoms with Gasteiger partial charge in [-0.25, -0.2) is 0 Å². The van der Waals surface area contributed by atoms with Crippen LogP contribution in [0.4, 0.5) is 0 Å². The van der Waals surface area contributed by atoms with E-state index < -0.39 is 0 Å². The molecule has 1 aromatic carbocycles. The highest BCUT2D eigenvalue weighted by Crippen LogP contribution is 2.05. The van der Waals surface area contributed by atoms with Crippen molar-refractivity contribution in [1.82, 2.24) is 5.32 Å². The molecule has 1 amide bonds. The van der Waals surface area contributed by atoms with Crippen LogP contribution in [0.15, 0.2) is 24.3 Å². The minimum Gasteiger partial charge on any atom is -0.353 e. The van der Waals surface area contributed by atoms with Crippen LogP contribution in [0.5, 0.6) is 0 Å². The van der Waals surface area contributed by atoms with E-state index in [1.165, 1.54) is 0 Å². The molecule has 1 atom stereocenters. The Hall–Kier alpha value is -1.35. The molecule has 0 aliphatic rings. The van der Waals surface area contributed by atoms with E-state index >= 15 is 0 Å². The van der Waals surface area contributed by atoms with Gasteiger partial charge in [-0.2, -0.15) is 0 Å². The molecule has 3 N–H and O–H groups in total. The summed E-state index contributed by atoms with van der Waals surface area (Å²) in [6.45, 7) is 6.76. The normalized spacial score (nSPS) is 12.5. The molecule has 3 nitrogen and oxygen atoms in total. The highest BCUT2D eigenvalue weighted by Gasteiger charge is 2.10. The van der Waals surface area contributed by atoms with Crippen molar-refractivity contribution in [3.63, 3.8) is 0 Å². The van der Waals surface area contributed by atoms with Crippen molar-refractivity contribution in [2.75, 3.05) is 0 Å². The number of benzene rings is 1. The molecule has 0 fully saturated rings. The summed E-state index contributed by atoms with van der Waals surface area (Å²) < 4.78 is 0. The smallest absolute Gasteiger partial charge is 0.224 e. The third-order valence-corrected chi connectivity index (χ3v) is 3.01. The quantitative estimate of drug-likeness (QED) is 0.817. The van der Waals surface area contributed by atoms with Crippen molar-refractivity contribution in [3.8, 4) is 0 Å². The number of nitrogens with two attached hydrogens (primary N) is 1. The van der Waals surface area contributed by atoms with Gasteiger partial charge in [0.25, 0.3) is 0 Å². The van der Waals surface area contributed by atoms with Crippen molar-refractivity contribution < 1.29 is 4.79 Å². The van der Waals surface area contributed by atoms with Gasteiger partial charge in [-0.3, -0.25) is 4.79 Å². The summed E-state index contributed by atoms with van der Waals surface area (Å²) in [5.74, 6) is 0.533. The van der Waals surface area contributed by atoms with Gasteiger partial charge in [0.15, 0.2) is 0 Å². The van der Waals surface area contributed by atoms with Crippen molar-refractivity contribution in [2.24, 2.45) is 11.7 Å². The lowest BCUT2D eigenvalue weighted by molar-refractivity contribution is -0.121. The van der Waals surface area contributed by atoms with Gasteiger partial charge < -0.3 is 11.1 Å². The number of hydrogen-bond donors (Lipinski definition) is 2. The fourth-order valence-electron chi connectivity index (χ4n) is 1.45. The molecular formula is C14H22N2O. The lowest BCUT2D eigenvalue weighted by Gasteiger charge is -2.17. The molecule has 1 rings (SSSR count). The first-order valence-corrected chi connectivity index (χ1v) is 6.10. The molecule has 0 heterocycles. The van der Waals surface area contributed by atoms with E-state index in [1.54, 1.807) is 0 Å². The Bertz CT molecular complexity index is 357. The van der Waals surface area contributed by atoms with E-state index in [4.69, 9.17) is 5.73 Å². The minimum atomic E-state index is 0.0756. The van der Waals surface area contributed by atoms with Gasteiger partial charge in [0, 0.05) is 12.6 Å². The molecule has 94 valence electrons. The Balaban J connectivity index is 2.50. The highest BCUT2D eigenvalue weighted by atomic mass is 16.1. The number of rotatable bonds is 5. The summed E-state index contributed by atoms with van der Waals surface area (Å²) in [6, 6.07) is 8.07. The molecule has 1 aromatic rings. The lowest BCUT2D eigenvalue weighted by Crippen LogP contribution is -2.37. The maximum atomic E-state index is 11.7. The van der Waals surface area contributed by atoms with Crippen molar-refractivity contribution >= 4 is 5.91 Å². The molecule has 0 aromatic heterocycles. The van der Waals surface area contributed by atoms with Gasteiger partial charge in [0.05, 0.1) is 6.42 Å². The molecule has 3 heteroatoms. The van der Waals surface area contributed by atoms with Gasteiger partial charge in [-0.15, -0.1) is 0 Å². The second kappa shape index (κ2) is 6.40. The zero-order valence-electron chi connectivity index (χ0n) is 10.9. The predicted octanol–water partition coefficient (Wildman–Crippen LogP) is 1.85. The second-order valence-corrected chi connectivity index (χ2v) is 4.80. The molecule has 0 radical (unpaired) electrons. The van der Waals surface area contributed by atoms with Crippen LogP contribution in [-0.2, 0) is 17.8 Å². The van der Waals surface area contributed by atoms with Crippen molar-refractivity contribution in [2.45, 2.75) is 39.8 Å². The van der Waals surface area contributed by atoms with Gasteiger partial charge in [-0.05, 0) is 24.0 Å². The molecule has 0 aliphatic heterocycles. The molecule has 0 aliphatic carbocycles. The summed E-state index contributed by atoms with van der Waals surface area (Å²) in [4.78, 5) is 11.7. The van der Waals surface area contributed by atoms with Crippen LogP contribution >= 0.6 is 0 Å². The zero-order valence-corrected chi connectivity index (χ0v) is 10.9. The van der Waals surface area contributed by atoms with E-state index in [9.17, 15) is 4.79 Å². The minimum absolute atomic E-state index is 0.0756. The molecule has 0 spiro atoms. The fourth-order valence-corrected chi connectivity index (χ4v) is 1.45. The Morgan fingerprint density at radius 3 is 2.18 bits per heavy atom. The third-order valence-electron chi connectivity index (χ3n) is 3.01. The zero-order chi connectivity index (χ0) is 12.8. The Kier molecular flexibility index (Phi) is 5.16. The molecular weight excluding hydrogens is 212 g/mol. The molecule has 1 unspecified atom stereocenters.